The second kappa shape index (κ2) is 7.14. The maximum atomic E-state index is 13.3. The van der Waals surface area contributed by atoms with Crippen molar-refractivity contribution in [1.82, 2.24) is 9.55 Å². The largest absolute Gasteiger partial charge is 0.416 e. The van der Waals surface area contributed by atoms with Gasteiger partial charge in [0.15, 0.2) is 0 Å². The van der Waals surface area contributed by atoms with E-state index in [1.165, 1.54) is 41.4 Å². The number of benzene rings is 2. The van der Waals surface area contributed by atoms with Crippen LogP contribution in [-0.2, 0) is 6.18 Å². The minimum absolute atomic E-state index is 0.141. The quantitative estimate of drug-likeness (QED) is 0.529. The summed E-state index contributed by atoms with van der Waals surface area (Å²) < 4.78 is 41.3. The first-order chi connectivity index (χ1) is 13.2. The lowest BCUT2D eigenvalue weighted by atomic mass is 10.1. The molecule has 0 bridgehead atoms. The topological polar surface area (TPSA) is 90.1 Å². The van der Waals surface area contributed by atoms with Gasteiger partial charge in [0.05, 0.1) is 16.8 Å². The number of aryl methyl sites for hydroxylation is 1. The second-order valence-corrected chi connectivity index (χ2v) is 5.90. The van der Waals surface area contributed by atoms with Gasteiger partial charge in [-0.2, -0.15) is 13.2 Å². The third-order valence-electron chi connectivity index (χ3n) is 3.95. The van der Waals surface area contributed by atoms with Crippen LogP contribution in [0.25, 0.3) is 5.69 Å². The number of carbonyl (C=O) groups excluding carboxylic acids is 1. The van der Waals surface area contributed by atoms with Crippen LogP contribution in [0.5, 0.6) is 0 Å². The van der Waals surface area contributed by atoms with Crippen LogP contribution in [0, 0.1) is 17.0 Å². The summed E-state index contributed by atoms with van der Waals surface area (Å²) in [6.45, 7) is 1.67. The van der Waals surface area contributed by atoms with Crippen LogP contribution in [0.4, 0.5) is 24.5 Å². The van der Waals surface area contributed by atoms with Gasteiger partial charge in [-0.1, -0.05) is 12.1 Å². The Bertz CT molecular complexity index is 1060. The van der Waals surface area contributed by atoms with Crippen molar-refractivity contribution in [2.75, 3.05) is 5.32 Å². The number of nitrogens with one attached hydrogen (secondary N) is 1. The molecule has 1 amide bonds. The summed E-state index contributed by atoms with van der Waals surface area (Å²) in [5, 5.41) is 13.4. The van der Waals surface area contributed by atoms with E-state index < -0.39 is 28.3 Å². The monoisotopic (exact) mass is 390 g/mol. The van der Waals surface area contributed by atoms with E-state index >= 15 is 0 Å². The van der Waals surface area contributed by atoms with Gasteiger partial charge in [0.1, 0.15) is 5.56 Å². The van der Waals surface area contributed by atoms with Crippen molar-refractivity contribution in [2.45, 2.75) is 13.1 Å². The number of hydrogen-bond acceptors (Lipinski definition) is 4. The molecule has 1 aromatic heterocycles. The number of amides is 1. The summed E-state index contributed by atoms with van der Waals surface area (Å²) in [6.07, 6.45) is -1.83. The highest BCUT2D eigenvalue weighted by atomic mass is 19.4. The molecular weight excluding hydrogens is 377 g/mol. The molecule has 28 heavy (non-hydrogen) atoms. The Morgan fingerprint density at radius 1 is 1.21 bits per heavy atom. The third-order valence-corrected chi connectivity index (χ3v) is 3.95. The molecule has 0 atom stereocenters. The normalized spacial score (nSPS) is 11.3. The average Bonchev–Trinajstić information content (AvgIpc) is 3.06. The van der Waals surface area contributed by atoms with Crippen LogP contribution in [0.1, 0.15) is 21.6 Å². The van der Waals surface area contributed by atoms with E-state index in [4.69, 9.17) is 0 Å². The van der Waals surface area contributed by atoms with E-state index in [1.54, 1.807) is 6.92 Å². The average molecular weight is 390 g/mol. The number of carbonyl (C=O) groups is 1. The molecule has 7 nitrogen and oxygen atoms in total. The van der Waals surface area contributed by atoms with Gasteiger partial charge >= 0.3 is 6.18 Å². The van der Waals surface area contributed by atoms with E-state index in [0.717, 1.165) is 18.2 Å². The molecule has 10 heteroatoms. The highest BCUT2D eigenvalue weighted by Gasteiger charge is 2.32. The number of nitro benzene ring substituents is 1. The van der Waals surface area contributed by atoms with E-state index in [9.17, 15) is 28.1 Å². The maximum Gasteiger partial charge on any atom is 0.416 e. The molecular formula is C18H13F3N4O3. The molecule has 1 N–H and O–H groups in total. The molecule has 0 aliphatic rings. The minimum Gasteiger partial charge on any atom is -0.322 e. The molecule has 0 fully saturated rings. The SMILES string of the molecule is Cc1cncn1-c1cc(NC(=O)c2ccccc2[N+](=O)[O-])cc(C(F)(F)F)c1. The Balaban J connectivity index is 2.04. The van der Waals surface area contributed by atoms with Crippen LogP contribution >= 0.6 is 0 Å². The number of hydrogen-bond donors (Lipinski definition) is 1. The van der Waals surface area contributed by atoms with Gasteiger partial charge in [0.2, 0.25) is 0 Å². The minimum atomic E-state index is -4.65. The van der Waals surface area contributed by atoms with E-state index in [0.29, 0.717) is 5.69 Å². The van der Waals surface area contributed by atoms with Gasteiger partial charge < -0.3 is 9.88 Å². The molecule has 144 valence electrons. The van der Waals surface area contributed by atoms with Crippen molar-refractivity contribution >= 4 is 17.3 Å². The Hall–Kier alpha value is -3.69. The lowest BCUT2D eigenvalue weighted by Crippen LogP contribution is -2.15. The van der Waals surface area contributed by atoms with Gasteiger partial charge in [-0.15, -0.1) is 0 Å². The number of imidazole rings is 1. The fourth-order valence-corrected chi connectivity index (χ4v) is 2.64. The standard InChI is InChI=1S/C18H13F3N4O3/c1-11-9-22-10-24(11)14-7-12(18(19,20)21)6-13(8-14)23-17(26)15-4-2-3-5-16(15)25(27)28/h2-10H,1H3,(H,23,26). The molecule has 1 heterocycles. The van der Waals surface area contributed by atoms with Crippen LogP contribution in [0.2, 0.25) is 0 Å². The van der Waals surface area contributed by atoms with Crippen LogP contribution < -0.4 is 5.32 Å². The number of anilines is 1. The van der Waals surface area contributed by atoms with Gasteiger partial charge in [0.25, 0.3) is 11.6 Å². The van der Waals surface area contributed by atoms with Crippen molar-refractivity contribution in [1.29, 1.82) is 0 Å². The number of nitrogens with zero attached hydrogens (tertiary/aromatic N) is 3. The second-order valence-electron chi connectivity index (χ2n) is 5.90. The lowest BCUT2D eigenvalue weighted by Gasteiger charge is -2.14. The number of halogens is 3. The van der Waals surface area contributed by atoms with Crippen LogP contribution in [0.3, 0.4) is 0 Å². The fraction of sp³-hybridized carbons (Fsp3) is 0.111. The molecule has 3 aromatic rings. The Labute approximate surface area is 156 Å². The van der Waals surface area contributed by atoms with Crippen molar-refractivity contribution in [3.63, 3.8) is 0 Å². The number of rotatable bonds is 4. The van der Waals surface area contributed by atoms with Gasteiger partial charge in [-0.3, -0.25) is 14.9 Å². The summed E-state index contributed by atoms with van der Waals surface area (Å²) in [6, 6.07) is 8.20. The zero-order valence-corrected chi connectivity index (χ0v) is 14.4. The summed E-state index contributed by atoms with van der Waals surface area (Å²) in [5.41, 5.74) is -1.10. The van der Waals surface area contributed by atoms with Crippen molar-refractivity contribution < 1.29 is 22.9 Å². The van der Waals surface area contributed by atoms with Crippen LogP contribution in [0.15, 0.2) is 55.0 Å². The summed E-state index contributed by atoms with van der Waals surface area (Å²) in [5.74, 6) is -0.889. The molecule has 0 aliphatic heterocycles. The summed E-state index contributed by atoms with van der Waals surface area (Å²) >= 11 is 0. The Morgan fingerprint density at radius 3 is 2.54 bits per heavy atom. The number of nitro groups is 1. The lowest BCUT2D eigenvalue weighted by molar-refractivity contribution is -0.385. The van der Waals surface area contributed by atoms with E-state index in [1.807, 2.05) is 0 Å². The molecule has 0 saturated heterocycles. The number of alkyl halides is 3. The van der Waals surface area contributed by atoms with Gasteiger partial charge in [0, 0.05) is 29.3 Å². The molecule has 0 spiro atoms. The van der Waals surface area contributed by atoms with Crippen molar-refractivity contribution in [3.8, 4) is 5.69 Å². The van der Waals surface area contributed by atoms with E-state index in [2.05, 4.69) is 10.3 Å². The molecule has 3 rings (SSSR count). The molecule has 0 radical (unpaired) electrons. The zero-order valence-electron chi connectivity index (χ0n) is 14.4. The van der Waals surface area contributed by atoms with Crippen LogP contribution in [-0.4, -0.2) is 20.4 Å². The van der Waals surface area contributed by atoms with Gasteiger partial charge in [-0.05, 0) is 31.2 Å². The third kappa shape index (κ3) is 3.85. The van der Waals surface area contributed by atoms with E-state index in [-0.39, 0.29) is 16.9 Å². The smallest absolute Gasteiger partial charge is 0.322 e. The molecule has 2 aromatic carbocycles. The number of aromatic nitrogens is 2. The first-order valence-electron chi connectivity index (χ1n) is 7.93. The molecule has 0 aliphatic carbocycles. The fourth-order valence-electron chi connectivity index (χ4n) is 2.64. The molecule has 0 saturated carbocycles. The first kappa shape index (κ1) is 19.1. The van der Waals surface area contributed by atoms with Gasteiger partial charge in [-0.25, -0.2) is 4.98 Å². The Kier molecular flexibility index (Phi) is 4.87. The highest BCUT2D eigenvalue weighted by molar-refractivity contribution is 6.07. The predicted octanol–water partition coefficient (Wildman–Crippen LogP) is 4.36. The summed E-state index contributed by atoms with van der Waals surface area (Å²) in [4.78, 5) is 26.7. The van der Waals surface area contributed by atoms with Crippen molar-refractivity contribution in [2.24, 2.45) is 0 Å². The predicted molar refractivity (Wildman–Crippen MR) is 94.4 cm³/mol. The Morgan fingerprint density at radius 2 is 1.93 bits per heavy atom. The zero-order chi connectivity index (χ0) is 20.5. The number of para-hydroxylation sites is 1. The summed E-state index contributed by atoms with van der Waals surface area (Å²) in [7, 11) is 0. The maximum absolute atomic E-state index is 13.3. The first-order valence-corrected chi connectivity index (χ1v) is 7.93. The highest BCUT2D eigenvalue weighted by Crippen LogP contribution is 2.33. The molecule has 0 unspecified atom stereocenters. The van der Waals surface area contributed by atoms with Crippen molar-refractivity contribution in [3.05, 3.63) is 81.9 Å².